The molecule has 25 heavy (non-hydrogen) atoms. The highest BCUT2D eigenvalue weighted by Gasteiger charge is 2.51. The SMILES string of the molecule is CC(O)c1ccc([C@H]2OC(C)(C)N(C(=O)OC(C)(C)C)[C@@H]2CF)cc1. The van der Waals surface area contributed by atoms with E-state index >= 15 is 0 Å². The van der Waals surface area contributed by atoms with E-state index < -0.39 is 42.3 Å². The predicted molar refractivity (Wildman–Crippen MR) is 92.8 cm³/mol. The van der Waals surface area contributed by atoms with E-state index in [1.165, 1.54) is 4.90 Å². The van der Waals surface area contributed by atoms with Crippen LogP contribution in [-0.2, 0) is 9.47 Å². The molecule has 2 rings (SSSR count). The van der Waals surface area contributed by atoms with Gasteiger partial charge in [-0.25, -0.2) is 9.18 Å². The summed E-state index contributed by atoms with van der Waals surface area (Å²) in [7, 11) is 0. The largest absolute Gasteiger partial charge is 0.444 e. The van der Waals surface area contributed by atoms with Gasteiger partial charge in [0.2, 0.25) is 0 Å². The summed E-state index contributed by atoms with van der Waals surface area (Å²) in [5, 5.41) is 9.62. The van der Waals surface area contributed by atoms with E-state index in [9.17, 15) is 14.3 Å². The van der Waals surface area contributed by atoms with Crippen LogP contribution in [-0.4, -0.2) is 40.1 Å². The molecule has 1 aromatic rings. The molecule has 1 fully saturated rings. The zero-order chi connectivity index (χ0) is 19.0. The van der Waals surface area contributed by atoms with E-state index in [0.29, 0.717) is 0 Å². The molecular formula is C19H28FNO4. The van der Waals surface area contributed by atoms with Crippen molar-refractivity contribution in [3.63, 3.8) is 0 Å². The van der Waals surface area contributed by atoms with Crippen molar-refractivity contribution in [2.24, 2.45) is 0 Å². The minimum absolute atomic E-state index is 0.578. The molecule has 1 heterocycles. The van der Waals surface area contributed by atoms with Gasteiger partial charge in [-0.3, -0.25) is 4.90 Å². The first-order chi connectivity index (χ1) is 11.5. The van der Waals surface area contributed by atoms with Crippen LogP contribution in [0, 0.1) is 0 Å². The number of alkyl halides is 1. The van der Waals surface area contributed by atoms with Crippen molar-refractivity contribution < 1.29 is 23.8 Å². The molecule has 0 aromatic heterocycles. The Bertz CT molecular complexity index is 607. The fourth-order valence-electron chi connectivity index (χ4n) is 3.05. The van der Waals surface area contributed by atoms with E-state index in [1.54, 1.807) is 65.8 Å². The predicted octanol–water partition coefficient (Wildman–Crippen LogP) is 4.12. The van der Waals surface area contributed by atoms with Gasteiger partial charge in [-0.15, -0.1) is 0 Å². The van der Waals surface area contributed by atoms with Crippen LogP contribution in [0.3, 0.4) is 0 Å². The van der Waals surface area contributed by atoms with Crippen LogP contribution in [0.2, 0.25) is 0 Å². The van der Waals surface area contributed by atoms with E-state index in [1.807, 2.05) is 0 Å². The second-order valence-electron chi connectivity index (χ2n) is 7.90. The molecule has 0 bridgehead atoms. The third kappa shape index (κ3) is 4.30. The summed E-state index contributed by atoms with van der Waals surface area (Å²) in [5.74, 6) is 0. The average molecular weight is 353 g/mol. The van der Waals surface area contributed by atoms with Crippen molar-refractivity contribution in [3.05, 3.63) is 35.4 Å². The van der Waals surface area contributed by atoms with Crippen LogP contribution in [0.4, 0.5) is 9.18 Å². The second kappa shape index (κ2) is 6.92. The van der Waals surface area contributed by atoms with Gasteiger partial charge in [0.15, 0.2) is 0 Å². The number of benzene rings is 1. The maximum absolute atomic E-state index is 13.9. The molecular weight excluding hydrogens is 325 g/mol. The van der Waals surface area contributed by atoms with Gasteiger partial charge in [-0.05, 0) is 52.7 Å². The molecule has 1 N–H and O–H groups in total. The summed E-state index contributed by atoms with van der Waals surface area (Å²) in [4.78, 5) is 13.9. The van der Waals surface area contributed by atoms with E-state index in [4.69, 9.17) is 9.47 Å². The van der Waals surface area contributed by atoms with E-state index in [-0.39, 0.29) is 0 Å². The number of aliphatic hydroxyl groups is 1. The van der Waals surface area contributed by atoms with Gasteiger partial charge < -0.3 is 14.6 Å². The Labute approximate surface area is 148 Å². The molecule has 5 nitrogen and oxygen atoms in total. The highest BCUT2D eigenvalue weighted by molar-refractivity contribution is 5.70. The Morgan fingerprint density at radius 2 is 1.92 bits per heavy atom. The number of carbonyl (C=O) groups excluding carboxylic acids is 1. The normalized spacial score (nSPS) is 24.2. The van der Waals surface area contributed by atoms with Crippen LogP contribution < -0.4 is 0 Å². The Hall–Kier alpha value is -1.66. The summed E-state index contributed by atoms with van der Waals surface area (Å²) < 4.78 is 25.3. The molecule has 0 saturated carbocycles. The zero-order valence-corrected chi connectivity index (χ0v) is 15.7. The number of rotatable bonds is 3. The van der Waals surface area contributed by atoms with Crippen molar-refractivity contribution in [1.29, 1.82) is 0 Å². The summed E-state index contributed by atoms with van der Waals surface area (Å²) in [6, 6.07) is 6.37. The first-order valence-electron chi connectivity index (χ1n) is 8.50. The lowest BCUT2D eigenvalue weighted by atomic mass is 10.00. The highest BCUT2D eigenvalue weighted by Crippen LogP contribution is 2.42. The van der Waals surface area contributed by atoms with Crippen molar-refractivity contribution in [3.8, 4) is 0 Å². The fourth-order valence-corrected chi connectivity index (χ4v) is 3.05. The molecule has 1 aromatic carbocycles. The molecule has 0 aliphatic carbocycles. The quantitative estimate of drug-likeness (QED) is 0.888. The summed E-state index contributed by atoms with van der Waals surface area (Å²) in [6.45, 7) is 9.69. The van der Waals surface area contributed by atoms with Gasteiger partial charge in [0, 0.05) is 0 Å². The molecule has 1 unspecified atom stereocenters. The number of hydrogen-bond acceptors (Lipinski definition) is 4. The van der Waals surface area contributed by atoms with Gasteiger partial charge in [0.1, 0.15) is 24.1 Å². The smallest absolute Gasteiger partial charge is 0.413 e. The van der Waals surface area contributed by atoms with E-state index in [2.05, 4.69) is 0 Å². The Morgan fingerprint density at radius 3 is 2.36 bits per heavy atom. The van der Waals surface area contributed by atoms with Gasteiger partial charge in [0.05, 0.1) is 12.1 Å². The molecule has 1 saturated heterocycles. The highest BCUT2D eigenvalue weighted by atomic mass is 19.1. The Balaban J connectivity index is 2.31. The van der Waals surface area contributed by atoms with Gasteiger partial charge >= 0.3 is 6.09 Å². The molecule has 0 spiro atoms. The first kappa shape index (κ1) is 19.7. The van der Waals surface area contributed by atoms with Gasteiger partial charge in [0.25, 0.3) is 0 Å². The van der Waals surface area contributed by atoms with Crippen molar-refractivity contribution in [2.45, 2.75) is 71.1 Å². The number of nitrogens with zero attached hydrogens (tertiary/aromatic N) is 1. The van der Waals surface area contributed by atoms with Crippen LogP contribution in [0.25, 0.3) is 0 Å². The van der Waals surface area contributed by atoms with Crippen molar-refractivity contribution in [1.82, 2.24) is 4.90 Å². The standard InChI is InChI=1S/C19H28FNO4/c1-12(22)13-7-9-14(10-8-13)16-15(11-20)21(19(5,6)24-16)17(23)25-18(2,3)4/h7-10,12,15-16,22H,11H2,1-6H3/t12?,15-,16-/m1/s1. The van der Waals surface area contributed by atoms with Crippen LogP contribution in [0.5, 0.6) is 0 Å². The maximum Gasteiger partial charge on any atom is 0.413 e. The monoisotopic (exact) mass is 353 g/mol. The number of aliphatic hydroxyl groups excluding tert-OH is 1. The summed E-state index contributed by atoms with van der Waals surface area (Å²) >= 11 is 0. The fraction of sp³-hybridized carbons (Fsp3) is 0.632. The maximum atomic E-state index is 13.9. The lowest BCUT2D eigenvalue weighted by molar-refractivity contribution is -0.0797. The van der Waals surface area contributed by atoms with Gasteiger partial charge in [-0.2, -0.15) is 0 Å². The molecule has 1 aliphatic heterocycles. The number of carbonyl (C=O) groups is 1. The second-order valence-corrected chi connectivity index (χ2v) is 7.90. The molecule has 0 radical (unpaired) electrons. The molecule has 1 amide bonds. The lowest BCUT2D eigenvalue weighted by Crippen LogP contribution is -2.50. The minimum Gasteiger partial charge on any atom is -0.444 e. The number of amides is 1. The summed E-state index contributed by atoms with van der Waals surface area (Å²) in [5.41, 5.74) is -0.148. The van der Waals surface area contributed by atoms with Crippen LogP contribution >= 0.6 is 0 Å². The van der Waals surface area contributed by atoms with Crippen LogP contribution in [0.1, 0.15) is 64.9 Å². The number of ether oxygens (including phenoxy) is 2. The lowest BCUT2D eigenvalue weighted by Gasteiger charge is -2.34. The first-order valence-corrected chi connectivity index (χ1v) is 8.50. The topological polar surface area (TPSA) is 59.0 Å². The Kier molecular flexibility index (Phi) is 5.44. The third-order valence-electron chi connectivity index (χ3n) is 4.17. The minimum atomic E-state index is -0.993. The number of halogens is 1. The van der Waals surface area contributed by atoms with Crippen LogP contribution in [0.15, 0.2) is 24.3 Å². The average Bonchev–Trinajstić information content (AvgIpc) is 2.76. The van der Waals surface area contributed by atoms with Crippen molar-refractivity contribution in [2.75, 3.05) is 6.67 Å². The van der Waals surface area contributed by atoms with E-state index in [0.717, 1.165) is 11.1 Å². The summed E-state index contributed by atoms with van der Waals surface area (Å²) in [6.07, 6.45) is -1.77. The molecule has 6 heteroatoms. The molecule has 140 valence electrons. The van der Waals surface area contributed by atoms with Crippen molar-refractivity contribution >= 4 is 6.09 Å². The van der Waals surface area contributed by atoms with Gasteiger partial charge in [-0.1, -0.05) is 24.3 Å². The number of hydrogen-bond donors (Lipinski definition) is 1. The third-order valence-corrected chi connectivity index (χ3v) is 4.17. The molecule has 1 aliphatic rings. The molecule has 3 atom stereocenters. The Morgan fingerprint density at radius 1 is 1.36 bits per heavy atom. The zero-order valence-electron chi connectivity index (χ0n) is 15.7.